The number of hydrogen-bond donors (Lipinski definition) is 15. The second-order valence-electron chi connectivity index (χ2n) is 17.8. The van der Waals surface area contributed by atoms with Crippen LogP contribution in [0.2, 0.25) is 0 Å². The maximum absolute atomic E-state index is 14.0. The Bertz CT molecular complexity index is 2230. The second-order valence-corrected chi connectivity index (χ2v) is 17.8. The number of rotatable bonds is 30. The molecule has 0 spiro atoms. The minimum Gasteiger partial charge on any atom is -0.481 e. The number of aromatic amines is 1. The highest BCUT2D eigenvalue weighted by atomic mass is 16.4. The molecule has 2 rings (SSSR count). The summed E-state index contributed by atoms with van der Waals surface area (Å²) in [6, 6.07) is -6.75. The molecule has 10 atom stereocenters. The molecule has 26 nitrogen and oxygen atoms in total. The van der Waals surface area contributed by atoms with Gasteiger partial charge in [0, 0.05) is 29.9 Å². The number of aliphatic hydroxyl groups excluding tert-OH is 2. The zero-order valence-corrected chi connectivity index (χ0v) is 40.7. The van der Waals surface area contributed by atoms with Crippen molar-refractivity contribution < 1.29 is 73.2 Å². The van der Waals surface area contributed by atoms with E-state index in [2.05, 4.69) is 47.5 Å². The van der Waals surface area contributed by atoms with Gasteiger partial charge in [-0.25, -0.2) is 4.79 Å². The van der Waals surface area contributed by atoms with Crippen LogP contribution in [-0.4, -0.2) is 158 Å². The molecule has 9 amide bonds. The number of amides is 9. The summed E-state index contributed by atoms with van der Waals surface area (Å²) >= 11 is 0. The molecule has 0 aliphatic heterocycles. The Balaban J connectivity index is 2.30. The van der Waals surface area contributed by atoms with Gasteiger partial charge < -0.3 is 79.4 Å². The highest BCUT2D eigenvalue weighted by molar-refractivity contribution is 5.99. The minimum absolute atomic E-state index is 0.120. The molecule has 1 aromatic heterocycles. The number of carboxylic acids is 2. The molecule has 1 heterocycles. The lowest BCUT2D eigenvalue weighted by Gasteiger charge is -2.30. The number of aromatic nitrogens is 1. The monoisotopic (exact) mass is 1000 g/mol. The molecule has 0 fully saturated rings. The molecule has 394 valence electrons. The summed E-state index contributed by atoms with van der Waals surface area (Å²) < 4.78 is 0. The zero-order valence-electron chi connectivity index (χ0n) is 40.7. The molecule has 0 unspecified atom stereocenters. The lowest BCUT2D eigenvalue weighted by Crippen LogP contribution is -2.62. The number of carbonyl (C=O) groups is 11. The van der Waals surface area contributed by atoms with Crippen molar-refractivity contribution in [2.75, 3.05) is 13.2 Å². The number of hydrogen-bond acceptors (Lipinski definition) is 14. The quantitative estimate of drug-likeness (QED) is 0.0356. The normalized spacial score (nSPS) is 15.5. The summed E-state index contributed by atoms with van der Waals surface area (Å²) in [5, 5.41) is 59.1. The van der Waals surface area contributed by atoms with Crippen molar-refractivity contribution in [3.63, 3.8) is 0 Å². The fraction of sp³-hybridized carbons (Fsp3) is 0.578. The number of nitrogens with one attached hydrogen (secondary N) is 9. The molecule has 17 N–H and O–H groups in total. The van der Waals surface area contributed by atoms with Gasteiger partial charge >= 0.3 is 11.9 Å². The smallest absolute Gasteiger partial charge is 0.326 e. The van der Waals surface area contributed by atoms with Crippen LogP contribution in [-0.2, 0) is 59.2 Å². The second kappa shape index (κ2) is 28.5. The Hall–Kier alpha value is -7.19. The number of para-hydroxylation sites is 1. The molecule has 26 heteroatoms. The van der Waals surface area contributed by atoms with E-state index < -0.39 is 157 Å². The average molecular weight is 1000 g/mol. The summed E-state index contributed by atoms with van der Waals surface area (Å²) in [5.41, 5.74) is 12.1. The van der Waals surface area contributed by atoms with Gasteiger partial charge in [-0.15, -0.1) is 0 Å². The van der Waals surface area contributed by atoms with E-state index in [-0.39, 0.29) is 19.3 Å². The molecule has 0 aliphatic carbocycles. The number of carbonyl (C=O) groups excluding carboxylic acids is 9. The first-order valence-electron chi connectivity index (χ1n) is 22.9. The topological polar surface area (TPSA) is 433 Å². The van der Waals surface area contributed by atoms with Crippen molar-refractivity contribution >= 4 is 76.0 Å². The molecular weight excluding hydrogens is 935 g/mol. The van der Waals surface area contributed by atoms with E-state index in [1.807, 2.05) is 0 Å². The summed E-state index contributed by atoms with van der Waals surface area (Å²) in [6.07, 6.45) is 0.207. The third-order valence-electron chi connectivity index (χ3n) is 11.4. The van der Waals surface area contributed by atoms with E-state index in [0.29, 0.717) is 22.9 Å². The number of carboxylic acid groups (broad SMARTS) is 2. The maximum Gasteiger partial charge on any atom is 0.326 e. The predicted octanol–water partition coefficient (Wildman–Crippen LogP) is -3.90. The molecule has 0 radical (unpaired) electrons. The average Bonchev–Trinajstić information content (AvgIpc) is 3.72. The third kappa shape index (κ3) is 18.6. The van der Waals surface area contributed by atoms with Crippen molar-refractivity contribution in [2.24, 2.45) is 29.2 Å². The molecule has 71 heavy (non-hydrogen) atoms. The Morgan fingerprint density at radius 1 is 0.592 bits per heavy atom. The Morgan fingerprint density at radius 3 is 1.59 bits per heavy atom. The number of nitrogens with two attached hydrogens (primary N) is 2. The highest BCUT2D eigenvalue weighted by Crippen LogP contribution is 2.20. The van der Waals surface area contributed by atoms with E-state index in [1.165, 1.54) is 6.92 Å². The predicted molar refractivity (Wildman–Crippen MR) is 253 cm³/mol. The molecule has 1 aromatic carbocycles. The number of aliphatic carboxylic acids is 2. The van der Waals surface area contributed by atoms with Crippen molar-refractivity contribution in [3.8, 4) is 0 Å². The molecule has 0 aliphatic rings. The highest BCUT2D eigenvalue weighted by Gasteiger charge is 2.37. The van der Waals surface area contributed by atoms with Crippen molar-refractivity contribution in [1.29, 1.82) is 0 Å². The molecular formula is C45H69N11O15. The Morgan fingerprint density at radius 2 is 1.07 bits per heavy atom. The van der Waals surface area contributed by atoms with Crippen LogP contribution in [0.5, 0.6) is 0 Å². The van der Waals surface area contributed by atoms with E-state index in [4.69, 9.17) is 11.5 Å². The van der Waals surface area contributed by atoms with Gasteiger partial charge in [0.05, 0.1) is 25.7 Å². The Kier molecular flexibility index (Phi) is 24.0. The van der Waals surface area contributed by atoms with Gasteiger partial charge in [-0.1, -0.05) is 66.2 Å². The summed E-state index contributed by atoms with van der Waals surface area (Å²) in [4.78, 5) is 145. The molecule has 0 saturated heterocycles. The summed E-state index contributed by atoms with van der Waals surface area (Å²) in [5.74, 6) is -13.4. The van der Waals surface area contributed by atoms with Crippen LogP contribution in [0.1, 0.15) is 79.7 Å². The van der Waals surface area contributed by atoms with Crippen molar-refractivity contribution in [2.45, 2.75) is 135 Å². The van der Waals surface area contributed by atoms with Gasteiger partial charge in [-0.3, -0.25) is 47.9 Å². The molecule has 2 aromatic rings. The van der Waals surface area contributed by atoms with Crippen LogP contribution >= 0.6 is 0 Å². The molecule has 0 saturated carbocycles. The Labute approximate surface area is 409 Å². The first-order chi connectivity index (χ1) is 33.3. The van der Waals surface area contributed by atoms with E-state index in [1.54, 1.807) is 72.0 Å². The number of aliphatic hydroxyl groups is 2. The largest absolute Gasteiger partial charge is 0.481 e. The minimum atomic E-state index is -1.96. The van der Waals surface area contributed by atoms with Crippen LogP contribution in [0.4, 0.5) is 0 Å². The van der Waals surface area contributed by atoms with Crippen LogP contribution in [0, 0.1) is 17.8 Å². The number of H-pyrrole nitrogens is 1. The lowest BCUT2D eigenvalue weighted by molar-refractivity contribution is -0.144. The number of fused-ring (bicyclic) bond motifs is 1. The van der Waals surface area contributed by atoms with Crippen LogP contribution in [0.25, 0.3) is 10.9 Å². The van der Waals surface area contributed by atoms with Gasteiger partial charge in [0.1, 0.15) is 48.3 Å². The van der Waals surface area contributed by atoms with Crippen LogP contribution in [0.3, 0.4) is 0 Å². The SMILES string of the molecule is CC[C@H](C)[C@H](NC(=O)[C@H](CO)NC(=O)[C@H](CO)NC(=O)[C@H](CC(=O)O)NC(=O)[C@H](Cc1c[nH]c2ccccc12)NC(=O)[C@H](C)NC(=O)[C@@H](N)CCC(N)=O)C(=O)N[C@H](C(=O)N[C@H](C(=O)O)C(C)C)C(C)C. The van der Waals surface area contributed by atoms with Gasteiger partial charge in [0.2, 0.25) is 53.2 Å². The molecule has 0 bridgehead atoms. The third-order valence-corrected chi connectivity index (χ3v) is 11.4. The first kappa shape index (κ1) is 59.9. The first-order valence-corrected chi connectivity index (χ1v) is 22.9. The lowest BCUT2D eigenvalue weighted by atomic mass is 9.95. The fourth-order valence-electron chi connectivity index (χ4n) is 6.92. The van der Waals surface area contributed by atoms with Gasteiger partial charge in [-0.2, -0.15) is 0 Å². The van der Waals surface area contributed by atoms with Gasteiger partial charge in [0.15, 0.2) is 0 Å². The maximum atomic E-state index is 14.0. The van der Waals surface area contributed by atoms with E-state index in [0.717, 1.165) is 0 Å². The van der Waals surface area contributed by atoms with Crippen molar-refractivity contribution in [1.82, 2.24) is 47.5 Å². The summed E-state index contributed by atoms with van der Waals surface area (Å²) in [6.45, 7) is 8.71. The van der Waals surface area contributed by atoms with E-state index in [9.17, 15) is 73.2 Å². The van der Waals surface area contributed by atoms with Gasteiger partial charge in [-0.05, 0) is 42.7 Å². The summed E-state index contributed by atoms with van der Waals surface area (Å²) in [7, 11) is 0. The van der Waals surface area contributed by atoms with Crippen molar-refractivity contribution in [3.05, 3.63) is 36.0 Å². The van der Waals surface area contributed by atoms with Crippen LogP contribution in [0.15, 0.2) is 30.5 Å². The van der Waals surface area contributed by atoms with Crippen LogP contribution < -0.4 is 54.0 Å². The van der Waals surface area contributed by atoms with E-state index >= 15 is 0 Å². The fourth-order valence-corrected chi connectivity index (χ4v) is 6.92. The number of primary amides is 1. The zero-order chi connectivity index (χ0) is 53.9. The standard InChI is InChI=1S/C45H69N11O15/c1-8-22(6)36(44(69)54-34(20(2)3)43(68)55-35(21(4)5)45(70)71)56-42(67)31(19-58)53-41(66)30(18-57)52-40(65)29(16-33(60)61)51-39(64)28(15-24-17-48-27-12-10-9-11-25(24)27)50-37(62)23(7)49-38(63)26(46)13-14-32(47)59/h9-12,17,20-23,26,28-31,34-36,48,57-58H,8,13-16,18-19,46H2,1-7H3,(H2,47,59)(H,49,63)(H,50,62)(H,51,64)(H,52,65)(H,53,66)(H,54,69)(H,55,68)(H,56,67)(H,60,61)(H,70,71)/t22-,23-,26-,28-,29-,30-,31-,34-,35-,36-/m0/s1. The van der Waals surface area contributed by atoms with Gasteiger partial charge in [0.25, 0.3) is 0 Å². The number of benzene rings is 1.